The Balaban J connectivity index is 0.975. The molecule has 2 atom stereocenters. The summed E-state index contributed by atoms with van der Waals surface area (Å²) in [6.07, 6.45) is 20.4. The van der Waals surface area contributed by atoms with Gasteiger partial charge in [0.1, 0.15) is 0 Å². The van der Waals surface area contributed by atoms with E-state index in [1.807, 2.05) is 0 Å². The third kappa shape index (κ3) is 10.0. The minimum atomic E-state index is -0.0763. The molecule has 2 heteroatoms. The highest BCUT2D eigenvalue weighted by Crippen LogP contribution is 2.37. The van der Waals surface area contributed by atoms with E-state index in [0.717, 1.165) is 37.9 Å². The van der Waals surface area contributed by atoms with Crippen LogP contribution in [-0.4, -0.2) is 24.4 Å². The zero-order valence-electron chi connectivity index (χ0n) is 26.3. The van der Waals surface area contributed by atoms with Crippen molar-refractivity contribution in [2.24, 2.45) is 0 Å². The molecule has 0 saturated heterocycles. The van der Waals surface area contributed by atoms with Crippen LogP contribution in [0.25, 0.3) is 0 Å². The van der Waals surface area contributed by atoms with Gasteiger partial charge in [0.05, 0.1) is 11.2 Å². The Bertz CT molecular complexity index is 925. The first-order chi connectivity index (χ1) is 19.3. The van der Waals surface area contributed by atoms with E-state index in [4.69, 9.17) is 9.47 Å². The van der Waals surface area contributed by atoms with E-state index in [9.17, 15) is 0 Å². The minimum absolute atomic E-state index is 0.0763. The first-order valence-electron chi connectivity index (χ1n) is 16.8. The van der Waals surface area contributed by atoms with Crippen molar-refractivity contribution in [1.82, 2.24) is 0 Å². The lowest BCUT2D eigenvalue weighted by Gasteiger charge is -2.31. The number of benzene rings is 2. The molecule has 2 aromatic carbocycles. The normalized spacial score (nSPS) is 18.7. The molecular weight excluding hydrogens is 488 g/mol. The van der Waals surface area contributed by atoms with Gasteiger partial charge in [-0.2, -0.15) is 0 Å². The first-order valence-corrected chi connectivity index (χ1v) is 16.8. The Morgan fingerprint density at radius 3 is 1.40 bits per heavy atom. The molecule has 0 radical (unpaired) electrons. The van der Waals surface area contributed by atoms with Gasteiger partial charge in [0, 0.05) is 13.2 Å². The fraction of sp³-hybridized carbons (Fsp3) is 0.684. The standard InChI is InChI=1S/C38H58O2/c1-37(2,39-29-15-7-5-9-17-31-23-25-33-19-11-13-21-35(31)33)27-28-38(3,4)40-30-16-8-6-10-18-32-24-26-34-20-12-14-22-36(32)34/h11-14,19-22,31-32H,5-10,15-18,23-30H2,1-4H3. The van der Waals surface area contributed by atoms with Crippen LogP contribution in [-0.2, 0) is 22.3 Å². The zero-order valence-corrected chi connectivity index (χ0v) is 26.3. The van der Waals surface area contributed by atoms with Crippen molar-refractivity contribution >= 4 is 0 Å². The molecule has 2 aromatic rings. The van der Waals surface area contributed by atoms with Crippen LogP contribution in [0.5, 0.6) is 0 Å². The molecule has 0 heterocycles. The van der Waals surface area contributed by atoms with Crippen LogP contribution in [0.4, 0.5) is 0 Å². The number of fused-ring (bicyclic) bond motifs is 2. The number of hydrogen-bond donors (Lipinski definition) is 0. The van der Waals surface area contributed by atoms with Crippen molar-refractivity contribution in [3.05, 3.63) is 70.8 Å². The van der Waals surface area contributed by atoms with Crippen LogP contribution in [0.1, 0.15) is 152 Å². The van der Waals surface area contributed by atoms with E-state index in [1.54, 1.807) is 22.3 Å². The lowest BCUT2D eigenvalue weighted by molar-refractivity contribution is -0.0651. The molecule has 0 bridgehead atoms. The quantitative estimate of drug-likeness (QED) is 0.163. The van der Waals surface area contributed by atoms with Gasteiger partial charge in [-0.25, -0.2) is 0 Å². The van der Waals surface area contributed by atoms with Crippen LogP contribution in [0.3, 0.4) is 0 Å². The monoisotopic (exact) mass is 546 g/mol. The molecule has 2 nitrogen and oxygen atoms in total. The van der Waals surface area contributed by atoms with E-state index in [-0.39, 0.29) is 11.2 Å². The number of unbranched alkanes of at least 4 members (excludes halogenated alkanes) is 6. The fourth-order valence-corrected chi connectivity index (χ4v) is 7.03. The molecule has 2 unspecified atom stereocenters. The summed E-state index contributed by atoms with van der Waals surface area (Å²) in [6.45, 7) is 10.8. The van der Waals surface area contributed by atoms with E-state index in [2.05, 4.69) is 76.2 Å². The molecule has 0 saturated carbocycles. The third-order valence-electron chi connectivity index (χ3n) is 9.72. The van der Waals surface area contributed by atoms with Gasteiger partial charge in [-0.05, 0) is 126 Å². The van der Waals surface area contributed by atoms with E-state index >= 15 is 0 Å². The maximum atomic E-state index is 6.33. The summed E-state index contributed by atoms with van der Waals surface area (Å²) in [7, 11) is 0. The minimum Gasteiger partial charge on any atom is -0.376 e. The SMILES string of the molecule is CC(C)(CCC(C)(C)OCCCCCCC1CCc2ccccc21)OCCCCCCC1CCc2ccccc21. The molecule has 222 valence electrons. The lowest BCUT2D eigenvalue weighted by atomic mass is 9.93. The summed E-state index contributed by atoms with van der Waals surface area (Å²) in [5, 5.41) is 0. The average molecular weight is 547 g/mol. The van der Waals surface area contributed by atoms with Gasteiger partial charge in [0.2, 0.25) is 0 Å². The summed E-state index contributed by atoms with van der Waals surface area (Å²) in [4.78, 5) is 0. The molecular formula is C38H58O2. The van der Waals surface area contributed by atoms with Gasteiger partial charge in [0.25, 0.3) is 0 Å². The summed E-state index contributed by atoms with van der Waals surface area (Å²) in [5.41, 5.74) is 6.28. The molecule has 0 spiro atoms. The molecule has 2 aliphatic carbocycles. The van der Waals surface area contributed by atoms with Gasteiger partial charge in [-0.1, -0.05) is 87.1 Å². The van der Waals surface area contributed by atoms with Crippen LogP contribution in [0.2, 0.25) is 0 Å². The maximum absolute atomic E-state index is 6.33. The topological polar surface area (TPSA) is 18.5 Å². The summed E-state index contributed by atoms with van der Waals surface area (Å²) in [5.74, 6) is 1.61. The van der Waals surface area contributed by atoms with Crippen molar-refractivity contribution in [2.45, 2.75) is 153 Å². The van der Waals surface area contributed by atoms with Crippen molar-refractivity contribution in [3.8, 4) is 0 Å². The smallest absolute Gasteiger partial charge is 0.0627 e. The number of aryl methyl sites for hydroxylation is 2. The summed E-state index contributed by atoms with van der Waals surface area (Å²) >= 11 is 0. The third-order valence-corrected chi connectivity index (χ3v) is 9.72. The van der Waals surface area contributed by atoms with Crippen molar-refractivity contribution < 1.29 is 9.47 Å². The van der Waals surface area contributed by atoms with Crippen molar-refractivity contribution in [1.29, 1.82) is 0 Å². The molecule has 0 amide bonds. The second kappa shape index (κ2) is 15.5. The Kier molecular flexibility index (Phi) is 12.2. The predicted molar refractivity (Wildman–Crippen MR) is 170 cm³/mol. The number of rotatable bonds is 19. The highest BCUT2D eigenvalue weighted by molar-refractivity contribution is 5.35. The zero-order chi connectivity index (χ0) is 28.3. The molecule has 40 heavy (non-hydrogen) atoms. The molecule has 0 N–H and O–H groups in total. The van der Waals surface area contributed by atoms with Gasteiger partial charge < -0.3 is 9.47 Å². The van der Waals surface area contributed by atoms with Crippen LogP contribution < -0.4 is 0 Å². The molecule has 2 aliphatic rings. The van der Waals surface area contributed by atoms with E-state index < -0.39 is 0 Å². The van der Waals surface area contributed by atoms with Crippen molar-refractivity contribution in [3.63, 3.8) is 0 Å². The molecule has 0 aromatic heterocycles. The fourth-order valence-electron chi connectivity index (χ4n) is 7.03. The highest BCUT2D eigenvalue weighted by atomic mass is 16.5. The Morgan fingerprint density at radius 1 is 0.550 bits per heavy atom. The molecule has 0 fully saturated rings. The Hall–Kier alpha value is -1.64. The predicted octanol–water partition coefficient (Wildman–Crippen LogP) is 10.7. The lowest BCUT2D eigenvalue weighted by Crippen LogP contribution is -2.32. The van der Waals surface area contributed by atoms with E-state index in [0.29, 0.717) is 0 Å². The van der Waals surface area contributed by atoms with Crippen LogP contribution in [0.15, 0.2) is 48.5 Å². The van der Waals surface area contributed by atoms with Gasteiger partial charge in [0.15, 0.2) is 0 Å². The van der Waals surface area contributed by atoms with E-state index in [1.165, 1.54) is 89.9 Å². The second-order valence-electron chi connectivity index (χ2n) is 14.0. The van der Waals surface area contributed by atoms with Crippen molar-refractivity contribution in [2.75, 3.05) is 13.2 Å². The maximum Gasteiger partial charge on any atom is 0.0627 e. The molecule has 4 rings (SSSR count). The average Bonchev–Trinajstić information content (AvgIpc) is 3.55. The number of hydrogen-bond acceptors (Lipinski definition) is 2. The summed E-state index contributed by atoms with van der Waals surface area (Å²) < 4.78 is 12.7. The first kappa shape index (κ1) is 31.3. The summed E-state index contributed by atoms with van der Waals surface area (Å²) in [6, 6.07) is 18.2. The molecule has 0 aliphatic heterocycles. The highest BCUT2D eigenvalue weighted by Gasteiger charge is 2.26. The number of ether oxygens (including phenoxy) is 2. The van der Waals surface area contributed by atoms with Gasteiger partial charge >= 0.3 is 0 Å². The largest absolute Gasteiger partial charge is 0.376 e. The Morgan fingerprint density at radius 2 is 0.950 bits per heavy atom. The second-order valence-corrected chi connectivity index (χ2v) is 14.0. The van der Waals surface area contributed by atoms with Gasteiger partial charge in [-0.15, -0.1) is 0 Å². The Labute approximate surface area is 246 Å². The van der Waals surface area contributed by atoms with Gasteiger partial charge in [-0.3, -0.25) is 0 Å². The van der Waals surface area contributed by atoms with Crippen LogP contribution in [0, 0.1) is 0 Å². The van der Waals surface area contributed by atoms with Crippen LogP contribution >= 0.6 is 0 Å².